The summed E-state index contributed by atoms with van der Waals surface area (Å²) in [5.74, 6) is 0. The molecular formula is C20H19N7. The Labute approximate surface area is 156 Å². The second-order valence-electron chi connectivity index (χ2n) is 6.52. The summed E-state index contributed by atoms with van der Waals surface area (Å²) in [5, 5.41) is 2.53. The van der Waals surface area contributed by atoms with Gasteiger partial charge in [-0.15, -0.1) is 0 Å². The van der Waals surface area contributed by atoms with Gasteiger partial charge in [-0.05, 0) is 34.0 Å². The molecule has 0 radical (unpaired) electrons. The summed E-state index contributed by atoms with van der Waals surface area (Å²) < 4.78 is 2.10. The van der Waals surface area contributed by atoms with Crippen molar-refractivity contribution in [3.8, 4) is 11.4 Å². The molecule has 4 N–H and O–H groups in total. The lowest BCUT2D eigenvalue weighted by Crippen LogP contribution is -2.33. The van der Waals surface area contributed by atoms with E-state index in [4.69, 9.17) is 0 Å². The number of hydrogen-bond donors (Lipinski definition) is 4. The minimum atomic E-state index is -0.0236. The van der Waals surface area contributed by atoms with E-state index in [9.17, 15) is 0 Å². The number of hydrazine groups is 3. The van der Waals surface area contributed by atoms with Crippen molar-refractivity contribution >= 4 is 10.8 Å². The van der Waals surface area contributed by atoms with Crippen LogP contribution in [0.25, 0.3) is 22.2 Å². The van der Waals surface area contributed by atoms with Crippen LogP contribution >= 0.6 is 0 Å². The molecule has 0 atom stereocenters. The van der Waals surface area contributed by atoms with Crippen LogP contribution in [0, 0.1) is 0 Å². The van der Waals surface area contributed by atoms with Gasteiger partial charge in [-0.2, -0.15) is 11.1 Å². The summed E-state index contributed by atoms with van der Waals surface area (Å²) >= 11 is 0. The van der Waals surface area contributed by atoms with Gasteiger partial charge < -0.3 is 4.57 Å². The average Bonchev–Trinajstić information content (AvgIpc) is 3.41. The van der Waals surface area contributed by atoms with Crippen molar-refractivity contribution in [2.24, 2.45) is 0 Å². The monoisotopic (exact) mass is 357 g/mol. The fraction of sp³-hybridized carbons (Fsp3) is 0.100. The zero-order valence-corrected chi connectivity index (χ0v) is 14.6. The average molecular weight is 357 g/mol. The minimum Gasteiger partial charge on any atom is -0.332 e. The van der Waals surface area contributed by atoms with E-state index in [1.165, 1.54) is 16.3 Å². The molecule has 5 rings (SSSR count). The van der Waals surface area contributed by atoms with E-state index in [1.54, 1.807) is 6.20 Å². The Bertz CT molecular complexity index is 1080. The van der Waals surface area contributed by atoms with Crippen molar-refractivity contribution in [1.82, 2.24) is 36.5 Å². The molecule has 1 fully saturated rings. The van der Waals surface area contributed by atoms with Crippen LogP contribution in [0.2, 0.25) is 0 Å². The van der Waals surface area contributed by atoms with Gasteiger partial charge in [0.1, 0.15) is 11.9 Å². The molecule has 0 spiro atoms. The largest absolute Gasteiger partial charge is 0.332 e. The highest BCUT2D eigenvalue weighted by Crippen LogP contribution is 2.22. The molecule has 134 valence electrons. The molecular weight excluding hydrogens is 338 g/mol. The van der Waals surface area contributed by atoms with Gasteiger partial charge in [0.25, 0.3) is 0 Å². The van der Waals surface area contributed by atoms with Crippen molar-refractivity contribution in [2.75, 3.05) is 0 Å². The van der Waals surface area contributed by atoms with Gasteiger partial charge in [-0.1, -0.05) is 42.5 Å². The zero-order chi connectivity index (χ0) is 18.1. The molecule has 2 aromatic heterocycles. The predicted octanol–water partition coefficient (Wildman–Crippen LogP) is 2.26. The maximum Gasteiger partial charge on any atom is 0.111 e. The standard InChI is InChI=1S/C20H19N7/c1-2-7-17-14(4-1)5-3-6-16(17)11-27-12-19(22-13-27)18-10-15(8-9-21-18)20-23-25-26-24-20/h1-10,12-13,20,23-26H,11H2. The van der Waals surface area contributed by atoms with E-state index < -0.39 is 0 Å². The second-order valence-corrected chi connectivity index (χ2v) is 6.52. The van der Waals surface area contributed by atoms with Crippen LogP contribution in [-0.4, -0.2) is 14.5 Å². The molecule has 2 aromatic carbocycles. The highest BCUT2D eigenvalue weighted by Gasteiger charge is 2.16. The Morgan fingerprint density at radius 3 is 2.67 bits per heavy atom. The third-order valence-electron chi connectivity index (χ3n) is 4.74. The molecule has 27 heavy (non-hydrogen) atoms. The molecule has 0 unspecified atom stereocenters. The highest BCUT2D eigenvalue weighted by molar-refractivity contribution is 5.85. The number of hydrogen-bond acceptors (Lipinski definition) is 6. The number of fused-ring (bicyclic) bond motifs is 1. The molecule has 7 heteroatoms. The van der Waals surface area contributed by atoms with Crippen LogP contribution < -0.4 is 21.9 Å². The van der Waals surface area contributed by atoms with Crippen LogP contribution in [-0.2, 0) is 6.54 Å². The lowest BCUT2D eigenvalue weighted by Gasteiger charge is -2.09. The SMILES string of the molecule is c1ccc2c(Cn3cnc(-c4cc(C5NNNN5)ccn4)c3)cccc2c1. The van der Waals surface area contributed by atoms with Crippen molar-refractivity contribution in [3.63, 3.8) is 0 Å². The number of imidazole rings is 1. The first kappa shape index (κ1) is 16.1. The molecule has 1 aliphatic heterocycles. The molecule has 7 nitrogen and oxygen atoms in total. The van der Waals surface area contributed by atoms with Crippen molar-refractivity contribution < 1.29 is 0 Å². The Balaban J connectivity index is 1.42. The van der Waals surface area contributed by atoms with E-state index >= 15 is 0 Å². The van der Waals surface area contributed by atoms with Gasteiger partial charge in [0, 0.05) is 18.9 Å². The molecule has 0 bridgehead atoms. The summed E-state index contributed by atoms with van der Waals surface area (Å²) in [6, 6.07) is 18.9. The lowest BCUT2D eigenvalue weighted by molar-refractivity contribution is 0.554. The molecule has 4 aromatic rings. The smallest absolute Gasteiger partial charge is 0.111 e. The van der Waals surface area contributed by atoms with Crippen LogP contribution in [0.1, 0.15) is 17.3 Å². The molecule has 0 saturated carbocycles. The predicted molar refractivity (Wildman–Crippen MR) is 104 cm³/mol. The van der Waals surface area contributed by atoms with Crippen LogP contribution in [0.3, 0.4) is 0 Å². The summed E-state index contributed by atoms with van der Waals surface area (Å²) in [7, 11) is 0. The highest BCUT2D eigenvalue weighted by atomic mass is 15.8. The first-order valence-electron chi connectivity index (χ1n) is 8.83. The topological polar surface area (TPSA) is 78.8 Å². The Morgan fingerprint density at radius 2 is 1.74 bits per heavy atom. The number of rotatable bonds is 4. The second kappa shape index (κ2) is 6.90. The Kier molecular flexibility index (Phi) is 4.11. The maximum absolute atomic E-state index is 4.56. The van der Waals surface area contributed by atoms with E-state index in [0.29, 0.717) is 0 Å². The van der Waals surface area contributed by atoms with E-state index in [-0.39, 0.29) is 6.17 Å². The number of benzene rings is 2. The number of nitrogens with zero attached hydrogens (tertiary/aromatic N) is 3. The number of nitrogens with one attached hydrogen (secondary N) is 4. The molecule has 0 amide bonds. The molecule has 0 aliphatic carbocycles. The molecule has 1 aliphatic rings. The Hall–Kier alpha value is -3.10. The normalized spacial score (nSPS) is 14.8. The first-order chi connectivity index (χ1) is 13.4. The van der Waals surface area contributed by atoms with Crippen molar-refractivity contribution in [2.45, 2.75) is 12.7 Å². The van der Waals surface area contributed by atoms with E-state index in [1.807, 2.05) is 24.7 Å². The summed E-state index contributed by atoms with van der Waals surface area (Å²) in [4.78, 5) is 9.04. The quantitative estimate of drug-likeness (QED) is 0.449. The van der Waals surface area contributed by atoms with Gasteiger partial charge in [0.2, 0.25) is 0 Å². The van der Waals surface area contributed by atoms with Crippen molar-refractivity contribution in [3.05, 3.63) is 84.4 Å². The Morgan fingerprint density at radius 1 is 0.889 bits per heavy atom. The molecule has 1 saturated heterocycles. The third-order valence-corrected chi connectivity index (χ3v) is 4.74. The summed E-state index contributed by atoms with van der Waals surface area (Å²) in [5.41, 5.74) is 15.9. The minimum absolute atomic E-state index is 0.0236. The number of pyridine rings is 1. The lowest BCUT2D eigenvalue weighted by atomic mass is 10.0. The van der Waals surface area contributed by atoms with E-state index in [2.05, 4.69) is 78.9 Å². The van der Waals surface area contributed by atoms with Gasteiger partial charge in [-0.3, -0.25) is 4.98 Å². The van der Waals surface area contributed by atoms with Gasteiger partial charge in [0.05, 0.1) is 12.0 Å². The fourth-order valence-electron chi connectivity index (χ4n) is 3.39. The third kappa shape index (κ3) is 3.20. The van der Waals surface area contributed by atoms with Crippen LogP contribution in [0.5, 0.6) is 0 Å². The van der Waals surface area contributed by atoms with Crippen LogP contribution in [0.15, 0.2) is 73.3 Å². The fourth-order valence-corrected chi connectivity index (χ4v) is 3.39. The van der Waals surface area contributed by atoms with Gasteiger partial charge in [-0.25, -0.2) is 15.8 Å². The zero-order valence-electron chi connectivity index (χ0n) is 14.6. The summed E-state index contributed by atoms with van der Waals surface area (Å²) in [6.07, 6.45) is 5.68. The van der Waals surface area contributed by atoms with Gasteiger partial charge in [0.15, 0.2) is 0 Å². The number of aromatic nitrogens is 3. The van der Waals surface area contributed by atoms with E-state index in [0.717, 1.165) is 23.5 Å². The summed E-state index contributed by atoms with van der Waals surface area (Å²) in [6.45, 7) is 0.771. The first-order valence-corrected chi connectivity index (χ1v) is 8.83. The molecule has 3 heterocycles. The van der Waals surface area contributed by atoms with Crippen molar-refractivity contribution in [1.29, 1.82) is 0 Å². The van der Waals surface area contributed by atoms with Crippen LogP contribution in [0.4, 0.5) is 0 Å². The maximum atomic E-state index is 4.56. The van der Waals surface area contributed by atoms with Gasteiger partial charge >= 0.3 is 0 Å².